The molecule has 136 valence electrons. The van der Waals surface area contributed by atoms with E-state index in [1.54, 1.807) is 6.20 Å². The summed E-state index contributed by atoms with van der Waals surface area (Å²) in [5.41, 5.74) is 0.650. The van der Waals surface area contributed by atoms with Gasteiger partial charge >= 0.3 is 0 Å². The smallest absolute Gasteiger partial charge is 0.146 e. The van der Waals surface area contributed by atoms with Crippen molar-refractivity contribution in [3.05, 3.63) is 35.5 Å². The van der Waals surface area contributed by atoms with Crippen LogP contribution >= 0.6 is 0 Å². The molecule has 2 aliphatic heterocycles. The van der Waals surface area contributed by atoms with Gasteiger partial charge in [-0.3, -0.25) is 4.90 Å². The van der Waals surface area contributed by atoms with E-state index in [0.29, 0.717) is 11.5 Å². The maximum Gasteiger partial charge on any atom is 0.146 e. The van der Waals surface area contributed by atoms with Crippen LogP contribution in [-0.2, 0) is 13.6 Å². The van der Waals surface area contributed by atoms with Gasteiger partial charge in [0, 0.05) is 32.3 Å². The molecule has 2 aliphatic rings. The molecular weight excluding hydrogens is 326 g/mol. The van der Waals surface area contributed by atoms with Crippen molar-refractivity contribution in [1.29, 1.82) is 5.26 Å². The molecule has 4 heterocycles. The fraction of sp³-hybridized carbons (Fsp3) is 0.579. The van der Waals surface area contributed by atoms with Crippen LogP contribution in [0, 0.1) is 11.3 Å². The molecule has 0 radical (unpaired) electrons. The number of anilines is 1. The number of hydrogen-bond acceptors (Lipinski definition) is 6. The molecule has 0 unspecified atom stereocenters. The van der Waals surface area contributed by atoms with Gasteiger partial charge in [0.2, 0.25) is 0 Å². The summed E-state index contributed by atoms with van der Waals surface area (Å²) >= 11 is 0. The molecule has 0 N–H and O–H groups in total. The van der Waals surface area contributed by atoms with Crippen LogP contribution in [0.4, 0.5) is 5.82 Å². The molecule has 0 amide bonds. The zero-order chi connectivity index (χ0) is 17.9. The summed E-state index contributed by atoms with van der Waals surface area (Å²) in [4.78, 5) is 9.09. The number of likely N-dealkylation sites (tertiary alicyclic amines) is 1. The largest absolute Gasteiger partial charge is 0.355 e. The van der Waals surface area contributed by atoms with Crippen molar-refractivity contribution in [3.63, 3.8) is 0 Å². The van der Waals surface area contributed by atoms with Gasteiger partial charge in [-0.15, -0.1) is 10.2 Å². The molecule has 7 heteroatoms. The Morgan fingerprint density at radius 3 is 2.65 bits per heavy atom. The highest BCUT2D eigenvalue weighted by Crippen LogP contribution is 2.30. The highest BCUT2D eigenvalue weighted by molar-refractivity contribution is 5.53. The highest BCUT2D eigenvalue weighted by Gasteiger charge is 2.27. The maximum absolute atomic E-state index is 9.29. The van der Waals surface area contributed by atoms with E-state index in [4.69, 9.17) is 0 Å². The Labute approximate surface area is 154 Å². The zero-order valence-corrected chi connectivity index (χ0v) is 15.3. The lowest BCUT2D eigenvalue weighted by atomic mass is 9.95. The fourth-order valence-corrected chi connectivity index (χ4v) is 4.09. The lowest BCUT2D eigenvalue weighted by Crippen LogP contribution is -2.34. The van der Waals surface area contributed by atoms with Gasteiger partial charge < -0.3 is 9.47 Å². The summed E-state index contributed by atoms with van der Waals surface area (Å²) in [5, 5.41) is 18.3. The third-order valence-corrected chi connectivity index (χ3v) is 5.63. The van der Waals surface area contributed by atoms with E-state index in [2.05, 4.69) is 42.7 Å². The average molecular weight is 351 g/mol. The first-order chi connectivity index (χ1) is 12.8. The van der Waals surface area contributed by atoms with Crippen molar-refractivity contribution in [2.45, 2.75) is 38.1 Å². The molecule has 0 bridgehead atoms. The number of rotatable bonds is 4. The van der Waals surface area contributed by atoms with Crippen LogP contribution in [0.15, 0.2) is 18.3 Å². The summed E-state index contributed by atoms with van der Waals surface area (Å²) in [6.07, 6.45) is 6.37. The maximum atomic E-state index is 9.29. The summed E-state index contributed by atoms with van der Waals surface area (Å²) in [7, 11) is 2.10. The SMILES string of the molecule is Cn1c(CN2CCCC2)nnc1C1CCN(c2ncccc2C#N)CC1. The molecule has 0 aliphatic carbocycles. The van der Waals surface area contributed by atoms with E-state index in [1.807, 2.05) is 12.1 Å². The molecule has 0 spiro atoms. The first-order valence-corrected chi connectivity index (χ1v) is 9.47. The molecule has 7 nitrogen and oxygen atoms in total. The van der Waals surface area contributed by atoms with Crippen molar-refractivity contribution in [3.8, 4) is 6.07 Å². The van der Waals surface area contributed by atoms with Crippen LogP contribution in [-0.4, -0.2) is 50.8 Å². The first kappa shape index (κ1) is 17.0. The molecule has 0 saturated carbocycles. The summed E-state index contributed by atoms with van der Waals surface area (Å²) in [6, 6.07) is 5.90. The van der Waals surface area contributed by atoms with E-state index < -0.39 is 0 Å². The molecule has 2 saturated heterocycles. The molecule has 2 aromatic rings. The van der Waals surface area contributed by atoms with Crippen LogP contribution in [0.2, 0.25) is 0 Å². The second kappa shape index (κ2) is 7.42. The molecule has 4 rings (SSSR count). The third-order valence-electron chi connectivity index (χ3n) is 5.63. The molecule has 26 heavy (non-hydrogen) atoms. The standard InChI is InChI=1S/C19H25N7/c1-24-17(14-25-9-2-3-10-25)22-23-19(24)15-6-11-26(12-7-15)18-16(13-20)5-4-8-21-18/h4-5,8,15H,2-3,6-7,9-12,14H2,1H3. The summed E-state index contributed by atoms with van der Waals surface area (Å²) in [6.45, 7) is 5.04. The van der Waals surface area contributed by atoms with Gasteiger partial charge in [-0.05, 0) is 50.9 Å². The van der Waals surface area contributed by atoms with Gasteiger partial charge in [0.25, 0.3) is 0 Å². The van der Waals surface area contributed by atoms with Gasteiger partial charge in [0.1, 0.15) is 23.5 Å². The van der Waals surface area contributed by atoms with Crippen LogP contribution < -0.4 is 4.90 Å². The Bertz CT molecular complexity index is 792. The van der Waals surface area contributed by atoms with Gasteiger partial charge in [0.15, 0.2) is 0 Å². The number of piperidine rings is 1. The summed E-state index contributed by atoms with van der Waals surface area (Å²) < 4.78 is 2.19. The molecule has 2 fully saturated rings. The van der Waals surface area contributed by atoms with Crippen LogP contribution in [0.25, 0.3) is 0 Å². The van der Waals surface area contributed by atoms with Gasteiger partial charge in [0.05, 0.1) is 12.1 Å². The van der Waals surface area contributed by atoms with Crippen molar-refractivity contribution in [1.82, 2.24) is 24.6 Å². The highest BCUT2D eigenvalue weighted by atomic mass is 15.3. The monoisotopic (exact) mass is 351 g/mol. The predicted molar refractivity (Wildman–Crippen MR) is 98.7 cm³/mol. The number of nitrogens with zero attached hydrogens (tertiary/aromatic N) is 7. The fourth-order valence-electron chi connectivity index (χ4n) is 4.09. The van der Waals surface area contributed by atoms with E-state index in [1.165, 1.54) is 25.9 Å². The minimum Gasteiger partial charge on any atom is -0.355 e. The molecule has 0 atom stereocenters. The predicted octanol–water partition coefficient (Wildman–Crippen LogP) is 2.06. The second-order valence-corrected chi connectivity index (χ2v) is 7.26. The summed E-state index contributed by atoms with van der Waals surface area (Å²) in [5.74, 6) is 3.40. The zero-order valence-electron chi connectivity index (χ0n) is 15.3. The Kier molecular flexibility index (Phi) is 4.85. The Morgan fingerprint density at radius 2 is 1.92 bits per heavy atom. The first-order valence-electron chi connectivity index (χ1n) is 9.47. The van der Waals surface area contributed by atoms with Crippen molar-refractivity contribution >= 4 is 5.82 Å². The molecular formula is C19H25N7. The lowest BCUT2D eigenvalue weighted by Gasteiger charge is -2.32. The normalized spacial score (nSPS) is 19.0. The van der Waals surface area contributed by atoms with Crippen LogP contribution in [0.3, 0.4) is 0 Å². The topological polar surface area (TPSA) is 73.9 Å². The van der Waals surface area contributed by atoms with Crippen LogP contribution in [0.5, 0.6) is 0 Å². The second-order valence-electron chi connectivity index (χ2n) is 7.26. The average Bonchev–Trinajstić information content (AvgIpc) is 3.33. The molecule has 0 aromatic carbocycles. The molecule has 2 aromatic heterocycles. The number of nitriles is 1. The van der Waals surface area contributed by atoms with Crippen molar-refractivity contribution < 1.29 is 0 Å². The van der Waals surface area contributed by atoms with E-state index in [-0.39, 0.29) is 0 Å². The third kappa shape index (κ3) is 3.29. The number of pyridine rings is 1. The van der Waals surface area contributed by atoms with Crippen molar-refractivity contribution in [2.75, 3.05) is 31.1 Å². The number of hydrogen-bond donors (Lipinski definition) is 0. The Hall–Kier alpha value is -2.46. The van der Waals surface area contributed by atoms with Crippen LogP contribution in [0.1, 0.15) is 48.8 Å². The van der Waals surface area contributed by atoms with Gasteiger partial charge in [-0.1, -0.05) is 0 Å². The Balaban J connectivity index is 1.42. The minimum atomic E-state index is 0.422. The van der Waals surface area contributed by atoms with E-state index >= 15 is 0 Å². The lowest BCUT2D eigenvalue weighted by molar-refractivity contribution is 0.317. The van der Waals surface area contributed by atoms with E-state index in [9.17, 15) is 5.26 Å². The Morgan fingerprint density at radius 1 is 1.15 bits per heavy atom. The van der Waals surface area contributed by atoms with E-state index in [0.717, 1.165) is 49.9 Å². The quantitative estimate of drug-likeness (QED) is 0.839. The number of aromatic nitrogens is 4. The van der Waals surface area contributed by atoms with Crippen molar-refractivity contribution in [2.24, 2.45) is 7.05 Å². The minimum absolute atomic E-state index is 0.422. The van der Waals surface area contributed by atoms with Gasteiger partial charge in [-0.2, -0.15) is 5.26 Å². The van der Waals surface area contributed by atoms with Gasteiger partial charge in [-0.25, -0.2) is 4.98 Å².